The Hall–Kier alpha value is -2.93. The lowest BCUT2D eigenvalue weighted by molar-refractivity contribution is -0.139. The average Bonchev–Trinajstić information content (AvgIpc) is 3.46. The lowest BCUT2D eigenvalue weighted by atomic mass is 9.76. The van der Waals surface area contributed by atoms with Crippen molar-refractivity contribution >= 4 is 17.5 Å². The molecule has 2 fully saturated rings. The van der Waals surface area contributed by atoms with Gasteiger partial charge in [0, 0.05) is 18.8 Å². The van der Waals surface area contributed by atoms with Crippen LogP contribution >= 0.6 is 0 Å². The van der Waals surface area contributed by atoms with E-state index in [-0.39, 0.29) is 17.9 Å². The van der Waals surface area contributed by atoms with Crippen molar-refractivity contribution < 1.29 is 18.8 Å². The van der Waals surface area contributed by atoms with E-state index < -0.39 is 17.4 Å². The first-order valence-electron chi connectivity index (χ1n) is 9.80. The van der Waals surface area contributed by atoms with E-state index in [2.05, 4.69) is 5.16 Å². The number of benzene rings is 1. The van der Waals surface area contributed by atoms with Crippen LogP contribution in [0.4, 0.5) is 5.69 Å². The van der Waals surface area contributed by atoms with Crippen molar-refractivity contribution in [1.82, 2.24) is 10.1 Å². The third-order valence-corrected chi connectivity index (χ3v) is 6.45. The molecule has 5 rings (SSSR count). The van der Waals surface area contributed by atoms with Gasteiger partial charge in [-0.2, -0.15) is 0 Å². The molecule has 1 aromatic carbocycles. The Bertz CT molecular complexity index is 1020. The van der Waals surface area contributed by atoms with Gasteiger partial charge < -0.3 is 19.1 Å². The van der Waals surface area contributed by atoms with Crippen molar-refractivity contribution in [3.63, 3.8) is 0 Å². The number of ether oxygens (including phenoxy) is 1. The van der Waals surface area contributed by atoms with E-state index in [1.54, 1.807) is 22.9 Å². The molecule has 7 heteroatoms. The third kappa shape index (κ3) is 2.64. The molecular formula is C22H23N3O4. The van der Waals surface area contributed by atoms with E-state index in [0.29, 0.717) is 18.8 Å². The van der Waals surface area contributed by atoms with Gasteiger partial charge in [0.05, 0.1) is 31.0 Å². The molecule has 0 saturated carbocycles. The summed E-state index contributed by atoms with van der Waals surface area (Å²) < 4.78 is 11.1. The summed E-state index contributed by atoms with van der Waals surface area (Å²) in [6.07, 6.45) is 5.02. The van der Waals surface area contributed by atoms with Gasteiger partial charge in [0.2, 0.25) is 11.8 Å². The van der Waals surface area contributed by atoms with Gasteiger partial charge in [-0.05, 0) is 37.1 Å². The summed E-state index contributed by atoms with van der Waals surface area (Å²) in [6.45, 7) is 4.84. The van der Waals surface area contributed by atoms with Crippen LogP contribution in [-0.4, -0.2) is 47.2 Å². The van der Waals surface area contributed by atoms with Crippen molar-refractivity contribution in [1.29, 1.82) is 0 Å². The minimum absolute atomic E-state index is 0.0479. The molecule has 2 saturated heterocycles. The molecule has 150 valence electrons. The van der Waals surface area contributed by atoms with Gasteiger partial charge >= 0.3 is 0 Å². The maximum Gasteiger partial charge on any atom is 0.234 e. The Balaban J connectivity index is 1.43. The van der Waals surface area contributed by atoms with Gasteiger partial charge in [0.1, 0.15) is 17.6 Å². The lowest BCUT2D eigenvalue weighted by Crippen LogP contribution is -2.44. The molecule has 3 aliphatic rings. The van der Waals surface area contributed by atoms with E-state index in [4.69, 9.17) is 9.26 Å². The number of carbonyl (C=O) groups excluding carboxylic acids is 2. The van der Waals surface area contributed by atoms with Crippen molar-refractivity contribution in [3.8, 4) is 0 Å². The van der Waals surface area contributed by atoms with Crippen LogP contribution in [0.25, 0.3) is 0 Å². The van der Waals surface area contributed by atoms with E-state index in [0.717, 1.165) is 11.3 Å². The summed E-state index contributed by atoms with van der Waals surface area (Å²) in [5.41, 5.74) is 3.10. The second kappa shape index (κ2) is 6.29. The third-order valence-electron chi connectivity index (χ3n) is 6.45. The van der Waals surface area contributed by atoms with Gasteiger partial charge in [0.15, 0.2) is 0 Å². The topological polar surface area (TPSA) is 75.9 Å². The fraction of sp³-hybridized carbons (Fsp3) is 0.409. The zero-order valence-corrected chi connectivity index (χ0v) is 16.7. The van der Waals surface area contributed by atoms with Crippen LogP contribution in [0.15, 0.2) is 47.2 Å². The number of hydrogen-bond donors (Lipinski definition) is 0. The van der Waals surface area contributed by atoms with Gasteiger partial charge in [-0.1, -0.05) is 23.4 Å². The SMILES string of the molecule is Cc1ccc(N2CC34C=CC(O3)C(C(=O)N(C)Cc3ccon3)C4C2=O)cc1C. The number of hydrogen-bond acceptors (Lipinski definition) is 5. The van der Waals surface area contributed by atoms with Crippen LogP contribution in [0.1, 0.15) is 16.8 Å². The maximum atomic E-state index is 13.4. The highest BCUT2D eigenvalue weighted by Gasteiger charge is 2.67. The van der Waals surface area contributed by atoms with Crippen LogP contribution in [-0.2, 0) is 20.9 Å². The minimum atomic E-state index is -0.727. The number of fused-ring (bicyclic) bond motifs is 1. The van der Waals surface area contributed by atoms with Gasteiger partial charge in [-0.3, -0.25) is 9.59 Å². The summed E-state index contributed by atoms with van der Waals surface area (Å²) in [7, 11) is 1.72. The van der Waals surface area contributed by atoms with E-state index >= 15 is 0 Å². The predicted octanol–water partition coefficient (Wildman–Crippen LogP) is 2.24. The number of amides is 2. The van der Waals surface area contributed by atoms with Crippen LogP contribution in [0.2, 0.25) is 0 Å². The molecule has 4 atom stereocenters. The molecule has 4 unspecified atom stereocenters. The molecule has 0 radical (unpaired) electrons. The molecule has 29 heavy (non-hydrogen) atoms. The second-order valence-corrected chi connectivity index (χ2v) is 8.28. The van der Waals surface area contributed by atoms with Crippen LogP contribution < -0.4 is 4.90 Å². The number of aryl methyl sites for hydroxylation is 2. The first-order valence-corrected chi connectivity index (χ1v) is 9.80. The Morgan fingerprint density at radius 1 is 1.31 bits per heavy atom. The van der Waals surface area contributed by atoms with Gasteiger partial charge in [-0.25, -0.2) is 0 Å². The highest BCUT2D eigenvalue weighted by Crippen LogP contribution is 2.53. The van der Waals surface area contributed by atoms with E-state index in [9.17, 15) is 9.59 Å². The largest absolute Gasteiger partial charge is 0.364 e. The Labute approximate surface area is 168 Å². The molecule has 3 aliphatic heterocycles. The molecule has 0 N–H and O–H groups in total. The molecule has 1 aromatic heterocycles. The smallest absolute Gasteiger partial charge is 0.234 e. The number of carbonyl (C=O) groups is 2. The summed E-state index contributed by atoms with van der Waals surface area (Å²) in [6, 6.07) is 7.73. The quantitative estimate of drug-likeness (QED) is 0.745. The normalized spacial score (nSPS) is 29.6. The first kappa shape index (κ1) is 18.1. The fourth-order valence-corrected chi connectivity index (χ4v) is 4.79. The predicted molar refractivity (Wildman–Crippen MR) is 105 cm³/mol. The number of aromatic nitrogens is 1. The monoisotopic (exact) mass is 393 g/mol. The Morgan fingerprint density at radius 2 is 2.14 bits per heavy atom. The molecule has 2 amide bonds. The Kier molecular flexibility index (Phi) is 3.93. The zero-order chi connectivity index (χ0) is 20.3. The number of rotatable bonds is 4. The van der Waals surface area contributed by atoms with Gasteiger partial charge in [-0.15, -0.1) is 0 Å². The van der Waals surface area contributed by atoms with Crippen molar-refractivity contribution in [3.05, 3.63) is 59.5 Å². The summed E-state index contributed by atoms with van der Waals surface area (Å²) in [5.74, 6) is -1.19. The summed E-state index contributed by atoms with van der Waals surface area (Å²) in [5, 5.41) is 3.87. The molecular weight excluding hydrogens is 370 g/mol. The Morgan fingerprint density at radius 3 is 2.86 bits per heavy atom. The molecule has 2 bridgehead atoms. The lowest BCUT2D eigenvalue weighted by Gasteiger charge is -2.27. The van der Waals surface area contributed by atoms with E-state index in [1.165, 1.54) is 11.8 Å². The van der Waals surface area contributed by atoms with Gasteiger partial charge in [0.25, 0.3) is 0 Å². The summed E-state index contributed by atoms with van der Waals surface area (Å²) >= 11 is 0. The molecule has 0 aliphatic carbocycles. The average molecular weight is 393 g/mol. The molecule has 2 aromatic rings. The van der Waals surface area contributed by atoms with Crippen LogP contribution in [0.3, 0.4) is 0 Å². The maximum absolute atomic E-state index is 13.4. The fourth-order valence-electron chi connectivity index (χ4n) is 4.79. The minimum Gasteiger partial charge on any atom is -0.364 e. The van der Waals surface area contributed by atoms with Crippen molar-refractivity contribution in [2.75, 3.05) is 18.5 Å². The van der Waals surface area contributed by atoms with Crippen LogP contribution in [0.5, 0.6) is 0 Å². The van der Waals surface area contributed by atoms with E-state index in [1.807, 2.05) is 44.2 Å². The molecule has 4 heterocycles. The van der Waals surface area contributed by atoms with Crippen molar-refractivity contribution in [2.24, 2.45) is 11.8 Å². The first-order chi connectivity index (χ1) is 13.9. The highest BCUT2D eigenvalue weighted by molar-refractivity contribution is 6.03. The number of nitrogens with zero attached hydrogens (tertiary/aromatic N) is 3. The molecule has 7 nitrogen and oxygen atoms in total. The zero-order valence-electron chi connectivity index (χ0n) is 16.7. The standard InChI is InChI=1S/C22H23N3O4/c1-13-4-5-16(10-14(13)2)25-12-22-8-6-17(29-22)18(19(22)21(25)27)20(26)24(3)11-15-7-9-28-23-15/h4-10,17-19H,11-12H2,1-3H3. The van der Waals surface area contributed by atoms with Crippen molar-refractivity contribution in [2.45, 2.75) is 32.1 Å². The number of anilines is 1. The second-order valence-electron chi connectivity index (χ2n) is 8.28. The van der Waals surface area contributed by atoms with Crippen LogP contribution in [0, 0.1) is 25.7 Å². The highest BCUT2D eigenvalue weighted by atomic mass is 16.5. The summed E-state index contributed by atoms with van der Waals surface area (Å²) in [4.78, 5) is 30.1. The molecule has 1 spiro atoms.